The van der Waals surface area contributed by atoms with E-state index in [1.807, 2.05) is 0 Å². The van der Waals surface area contributed by atoms with Crippen molar-refractivity contribution in [2.45, 2.75) is 20.3 Å². The van der Waals surface area contributed by atoms with Crippen LogP contribution in [0.1, 0.15) is 20.3 Å². The van der Waals surface area contributed by atoms with Crippen LogP contribution in [0.2, 0.25) is 5.15 Å². The van der Waals surface area contributed by atoms with Crippen molar-refractivity contribution in [1.29, 1.82) is 0 Å². The van der Waals surface area contributed by atoms with E-state index in [0.717, 1.165) is 6.42 Å². The summed E-state index contributed by atoms with van der Waals surface area (Å²) in [6.45, 7) is 5.15. The SMILES string of the molecule is CC1CC(C)CN(S(=O)(=O)Nc2cncc(Cl)n2)C1. The zero-order valence-corrected chi connectivity index (χ0v) is 12.4. The minimum Gasteiger partial charge on any atom is -0.258 e. The highest BCUT2D eigenvalue weighted by Crippen LogP contribution is 2.23. The van der Waals surface area contributed by atoms with Gasteiger partial charge in [0.1, 0.15) is 5.15 Å². The molecular formula is C11H17ClN4O2S. The molecule has 6 nitrogen and oxygen atoms in total. The molecule has 2 heterocycles. The number of rotatable bonds is 3. The van der Waals surface area contributed by atoms with E-state index in [9.17, 15) is 8.42 Å². The highest BCUT2D eigenvalue weighted by Gasteiger charge is 2.30. The first-order valence-corrected chi connectivity index (χ1v) is 7.94. The second-order valence-electron chi connectivity index (χ2n) is 5.10. The first-order chi connectivity index (χ1) is 8.87. The number of anilines is 1. The highest BCUT2D eigenvalue weighted by molar-refractivity contribution is 7.90. The highest BCUT2D eigenvalue weighted by atomic mass is 35.5. The molecule has 1 aliphatic heterocycles. The van der Waals surface area contributed by atoms with Gasteiger partial charge in [-0.3, -0.25) is 9.71 Å². The Labute approximate surface area is 118 Å². The maximum atomic E-state index is 12.3. The Balaban J connectivity index is 2.14. The molecule has 0 aromatic carbocycles. The van der Waals surface area contributed by atoms with Crippen molar-refractivity contribution in [2.24, 2.45) is 11.8 Å². The predicted molar refractivity (Wildman–Crippen MR) is 74.1 cm³/mol. The molecule has 1 fully saturated rings. The number of nitrogens with one attached hydrogen (secondary N) is 1. The third-order valence-electron chi connectivity index (χ3n) is 3.01. The van der Waals surface area contributed by atoms with Crippen LogP contribution < -0.4 is 4.72 Å². The second kappa shape index (κ2) is 5.60. The fraction of sp³-hybridized carbons (Fsp3) is 0.636. The van der Waals surface area contributed by atoms with Gasteiger partial charge >= 0.3 is 10.2 Å². The summed E-state index contributed by atoms with van der Waals surface area (Å²) in [6, 6.07) is 0. The van der Waals surface area contributed by atoms with E-state index in [0.29, 0.717) is 24.9 Å². The van der Waals surface area contributed by atoms with Gasteiger partial charge in [-0.25, -0.2) is 4.98 Å². The standard InChI is InChI=1S/C11H17ClN4O2S/c1-8-3-9(2)7-16(6-8)19(17,18)15-11-5-13-4-10(12)14-11/h4-5,8-9H,3,6-7H2,1-2H3,(H,14,15). The van der Waals surface area contributed by atoms with Crippen molar-refractivity contribution in [3.05, 3.63) is 17.5 Å². The molecule has 0 bridgehead atoms. The van der Waals surface area contributed by atoms with Gasteiger partial charge < -0.3 is 0 Å². The zero-order chi connectivity index (χ0) is 14.0. The Morgan fingerprint density at radius 3 is 2.53 bits per heavy atom. The Bertz CT molecular complexity index is 541. The Kier molecular flexibility index (Phi) is 4.27. The lowest BCUT2D eigenvalue weighted by molar-refractivity contribution is 0.223. The molecule has 0 saturated carbocycles. The van der Waals surface area contributed by atoms with Crippen LogP contribution in [0.5, 0.6) is 0 Å². The van der Waals surface area contributed by atoms with Crippen molar-refractivity contribution in [3.8, 4) is 0 Å². The summed E-state index contributed by atoms with van der Waals surface area (Å²) in [7, 11) is -3.60. The fourth-order valence-electron chi connectivity index (χ4n) is 2.39. The third kappa shape index (κ3) is 3.77. The minimum absolute atomic E-state index is 0.137. The van der Waals surface area contributed by atoms with Crippen LogP contribution in [0.4, 0.5) is 5.82 Å². The number of hydrogen-bond acceptors (Lipinski definition) is 4. The normalized spacial score (nSPS) is 25.2. The van der Waals surface area contributed by atoms with E-state index in [1.165, 1.54) is 16.7 Å². The van der Waals surface area contributed by atoms with Crippen molar-refractivity contribution in [3.63, 3.8) is 0 Å². The first kappa shape index (κ1) is 14.5. The van der Waals surface area contributed by atoms with Gasteiger partial charge in [0.15, 0.2) is 5.82 Å². The minimum atomic E-state index is -3.60. The van der Waals surface area contributed by atoms with Crippen LogP contribution in [0.25, 0.3) is 0 Å². The van der Waals surface area contributed by atoms with E-state index < -0.39 is 10.2 Å². The van der Waals surface area contributed by atoms with Gasteiger partial charge in [-0.05, 0) is 18.3 Å². The van der Waals surface area contributed by atoms with Crippen LogP contribution >= 0.6 is 11.6 Å². The topological polar surface area (TPSA) is 75.2 Å². The molecule has 1 aromatic heterocycles. The summed E-state index contributed by atoms with van der Waals surface area (Å²) < 4.78 is 28.4. The van der Waals surface area contributed by atoms with Gasteiger partial charge in [0.2, 0.25) is 0 Å². The van der Waals surface area contributed by atoms with Crippen LogP contribution in [0, 0.1) is 11.8 Å². The van der Waals surface area contributed by atoms with Crippen molar-refractivity contribution in [1.82, 2.24) is 14.3 Å². The van der Waals surface area contributed by atoms with Gasteiger partial charge in [0, 0.05) is 13.1 Å². The number of nitrogens with zero attached hydrogens (tertiary/aromatic N) is 3. The summed E-state index contributed by atoms with van der Waals surface area (Å²) in [6.07, 6.45) is 3.73. The smallest absolute Gasteiger partial charge is 0.258 e. The molecule has 0 radical (unpaired) electrons. The lowest BCUT2D eigenvalue weighted by Crippen LogP contribution is -2.45. The van der Waals surface area contributed by atoms with E-state index >= 15 is 0 Å². The molecule has 19 heavy (non-hydrogen) atoms. The molecule has 1 aliphatic rings. The van der Waals surface area contributed by atoms with Gasteiger partial charge in [0.25, 0.3) is 0 Å². The molecule has 0 spiro atoms. The third-order valence-corrected chi connectivity index (χ3v) is 4.64. The average molecular weight is 305 g/mol. The largest absolute Gasteiger partial charge is 0.302 e. The van der Waals surface area contributed by atoms with E-state index in [1.54, 1.807) is 0 Å². The number of hydrogen-bond donors (Lipinski definition) is 1. The lowest BCUT2D eigenvalue weighted by atomic mass is 9.94. The molecule has 1 saturated heterocycles. The summed E-state index contributed by atoms with van der Waals surface area (Å²) in [5.74, 6) is 0.843. The number of halogens is 1. The van der Waals surface area contributed by atoms with Crippen molar-refractivity contribution < 1.29 is 8.42 Å². The molecule has 2 unspecified atom stereocenters. The summed E-state index contributed by atoms with van der Waals surface area (Å²) in [4.78, 5) is 7.68. The van der Waals surface area contributed by atoms with Gasteiger partial charge in [-0.1, -0.05) is 25.4 Å². The average Bonchev–Trinajstić information content (AvgIpc) is 2.26. The maximum Gasteiger partial charge on any atom is 0.302 e. The second-order valence-corrected chi connectivity index (χ2v) is 7.16. The van der Waals surface area contributed by atoms with E-state index in [-0.39, 0.29) is 11.0 Å². The monoisotopic (exact) mass is 304 g/mol. The van der Waals surface area contributed by atoms with E-state index in [4.69, 9.17) is 11.6 Å². The van der Waals surface area contributed by atoms with Gasteiger partial charge in [0.05, 0.1) is 12.4 Å². The van der Waals surface area contributed by atoms with E-state index in [2.05, 4.69) is 28.5 Å². The molecule has 0 aliphatic carbocycles. The van der Waals surface area contributed by atoms with Gasteiger partial charge in [-0.2, -0.15) is 12.7 Å². The summed E-state index contributed by atoms with van der Waals surface area (Å²) in [5.41, 5.74) is 0. The van der Waals surface area contributed by atoms with Crippen LogP contribution in [0.15, 0.2) is 12.4 Å². The van der Waals surface area contributed by atoms with Crippen LogP contribution in [-0.2, 0) is 10.2 Å². The molecule has 106 valence electrons. The first-order valence-electron chi connectivity index (χ1n) is 6.12. The molecule has 2 rings (SSSR count). The molecule has 0 amide bonds. The molecule has 1 aromatic rings. The lowest BCUT2D eigenvalue weighted by Gasteiger charge is -2.33. The number of aromatic nitrogens is 2. The fourth-order valence-corrected chi connectivity index (χ4v) is 3.93. The Hall–Kier alpha value is -0.920. The summed E-state index contributed by atoms with van der Waals surface area (Å²) in [5, 5.41) is 0.153. The molecular weight excluding hydrogens is 288 g/mol. The molecule has 2 atom stereocenters. The van der Waals surface area contributed by atoms with Crippen molar-refractivity contribution >= 4 is 27.6 Å². The van der Waals surface area contributed by atoms with Crippen molar-refractivity contribution in [2.75, 3.05) is 17.8 Å². The van der Waals surface area contributed by atoms with Crippen LogP contribution in [-0.4, -0.2) is 35.8 Å². The van der Waals surface area contributed by atoms with Gasteiger partial charge in [-0.15, -0.1) is 0 Å². The predicted octanol–water partition coefficient (Wildman–Crippen LogP) is 1.76. The quantitative estimate of drug-likeness (QED) is 0.923. The van der Waals surface area contributed by atoms with Crippen LogP contribution in [0.3, 0.4) is 0 Å². The Morgan fingerprint density at radius 1 is 1.32 bits per heavy atom. The Morgan fingerprint density at radius 2 is 1.95 bits per heavy atom. The number of piperidine rings is 1. The zero-order valence-electron chi connectivity index (χ0n) is 10.9. The molecule has 8 heteroatoms. The maximum absolute atomic E-state index is 12.3. The molecule has 1 N–H and O–H groups in total. The summed E-state index contributed by atoms with van der Waals surface area (Å²) >= 11 is 5.68.